The minimum atomic E-state index is -2.06. The van der Waals surface area contributed by atoms with E-state index in [4.69, 9.17) is 0 Å². The lowest BCUT2D eigenvalue weighted by Gasteiger charge is -2.13. The van der Waals surface area contributed by atoms with Crippen LogP contribution in [-0.2, 0) is 4.74 Å². The van der Waals surface area contributed by atoms with E-state index in [9.17, 15) is 27.8 Å². The number of ether oxygens (including phenoxy) is 1. The van der Waals surface area contributed by atoms with E-state index in [2.05, 4.69) is 4.74 Å². The van der Waals surface area contributed by atoms with E-state index in [-0.39, 0.29) is 6.07 Å². The second kappa shape index (κ2) is 5.05. The molecule has 0 radical (unpaired) electrons. The number of halogens is 4. The summed E-state index contributed by atoms with van der Waals surface area (Å²) in [4.78, 5) is 0. The molecule has 1 aromatic rings. The molecule has 7 heteroatoms. The van der Waals surface area contributed by atoms with Crippen molar-refractivity contribution < 1.29 is 32.5 Å². The minimum Gasteiger partial charge on any atom is -0.617 e. The molecule has 1 unspecified atom stereocenters. The Morgan fingerprint density at radius 3 is 2.41 bits per heavy atom. The van der Waals surface area contributed by atoms with E-state index in [0.29, 0.717) is 6.08 Å². The van der Waals surface area contributed by atoms with Crippen LogP contribution in [0.5, 0.6) is 0 Å². The van der Waals surface area contributed by atoms with Crippen molar-refractivity contribution in [2.75, 3.05) is 7.11 Å². The van der Waals surface area contributed by atoms with Crippen molar-refractivity contribution in [1.29, 1.82) is 0 Å². The Kier molecular flexibility index (Phi) is 3.95. The maximum absolute atomic E-state index is 13.1. The fourth-order valence-electron chi connectivity index (χ4n) is 1.09. The Balaban J connectivity index is 3.24. The highest BCUT2D eigenvalue weighted by Crippen LogP contribution is 2.24. The van der Waals surface area contributed by atoms with Gasteiger partial charge in [-0.05, 0) is 19.3 Å². The molecule has 0 saturated carbocycles. The monoisotopic (exact) mass is 251 g/mol. The number of rotatable bonds is 3. The van der Waals surface area contributed by atoms with Crippen LogP contribution < -0.4 is 5.11 Å². The molecule has 3 nitrogen and oxygen atoms in total. The first kappa shape index (κ1) is 13.3. The van der Waals surface area contributed by atoms with Gasteiger partial charge in [0, 0.05) is 11.5 Å². The molecule has 0 spiro atoms. The van der Waals surface area contributed by atoms with Gasteiger partial charge < -0.3 is 14.9 Å². The summed E-state index contributed by atoms with van der Waals surface area (Å²) >= 11 is 0. The fraction of sp³-hybridized carbons (Fsp3) is 0.200. The fourth-order valence-corrected chi connectivity index (χ4v) is 1.09. The molecule has 0 fully saturated rings. The largest absolute Gasteiger partial charge is 0.617 e. The molecular formula is C10H7F4O3-. The topological polar surface area (TPSA) is 52.5 Å². The van der Waals surface area contributed by atoms with Gasteiger partial charge in [-0.25, -0.2) is 17.6 Å². The zero-order valence-corrected chi connectivity index (χ0v) is 8.51. The molecule has 0 amide bonds. The van der Waals surface area contributed by atoms with Crippen LogP contribution in [0, 0.1) is 23.3 Å². The summed E-state index contributed by atoms with van der Waals surface area (Å²) in [5.74, 6) is -8.51. The van der Waals surface area contributed by atoms with Gasteiger partial charge >= 0.3 is 0 Å². The molecule has 0 aliphatic heterocycles. The summed E-state index contributed by atoms with van der Waals surface area (Å²) in [5, 5.41) is 20.0. The SMILES string of the molecule is CO/C([O-])=C/C(O)c1cc(F)c(F)c(F)c1F. The Hall–Kier alpha value is -1.76. The van der Waals surface area contributed by atoms with Crippen molar-refractivity contribution in [3.63, 3.8) is 0 Å². The average Bonchev–Trinajstić information content (AvgIpc) is 2.30. The van der Waals surface area contributed by atoms with Crippen LogP contribution in [0.1, 0.15) is 11.7 Å². The van der Waals surface area contributed by atoms with Gasteiger partial charge in [0.05, 0.1) is 0 Å². The van der Waals surface area contributed by atoms with Gasteiger partial charge in [0.1, 0.15) is 6.10 Å². The lowest BCUT2D eigenvalue weighted by Crippen LogP contribution is -2.10. The third-order valence-electron chi connectivity index (χ3n) is 1.94. The van der Waals surface area contributed by atoms with Gasteiger partial charge in [0.15, 0.2) is 23.3 Å². The van der Waals surface area contributed by atoms with Gasteiger partial charge in [-0.15, -0.1) is 0 Å². The number of hydrogen-bond acceptors (Lipinski definition) is 3. The van der Waals surface area contributed by atoms with Gasteiger partial charge in [-0.2, -0.15) is 0 Å². The Morgan fingerprint density at radius 2 is 1.88 bits per heavy atom. The smallest absolute Gasteiger partial charge is 0.197 e. The molecule has 0 aromatic heterocycles. The molecular weight excluding hydrogens is 244 g/mol. The zero-order chi connectivity index (χ0) is 13.2. The van der Waals surface area contributed by atoms with Crippen LogP contribution in [-0.4, -0.2) is 12.2 Å². The first-order chi connectivity index (χ1) is 7.88. The van der Waals surface area contributed by atoms with Crippen molar-refractivity contribution in [3.8, 4) is 0 Å². The van der Waals surface area contributed by atoms with Gasteiger partial charge in [0.2, 0.25) is 0 Å². The van der Waals surface area contributed by atoms with E-state index in [1.165, 1.54) is 0 Å². The molecule has 0 saturated heterocycles. The number of benzene rings is 1. The van der Waals surface area contributed by atoms with Crippen LogP contribution in [0.15, 0.2) is 18.1 Å². The van der Waals surface area contributed by atoms with E-state index in [0.717, 1.165) is 7.11 Å². The van der Waals surface area contributed by atoms with E-state index in [1.54, 1.807) is 0 Å². The second-order valence-corrected chi connectivity index (χ2v) is 3.02. The van der Waals surface area contributed by atoms with Crippen LogP contribution in [0.3, 0.4) is 0 Å². The highest BCUT2D eigenvalue weighted by atomic mass is 19.2. The molecule has 1 aromatic carbocycles. The first-order valence-corrected chi connectivity index (χ1v) is 4.32. The molecule has 0 heterocycles. The lowest BCUT2D eigenvalue weighted by molar-refractivity contribution is -0.354. The predicted molar refractivity (Wildman–Crippen MR) is 46.3 cm³/mol. The zero-order valence-electron chi connectivity index (χ0n) is 8.51. The molecule has 0 bridgehead atoms. The molecule has 1 atom stereocenters. The first-order valence-electron chi connectivity index (χ1n) is 4.32. The van der Waals surface area contributed by atoms with Gasteiger partial charge in [-0.3, -0.25) is 0 Å². The summed E-state index contributed by atoms with van der Waals surface area (Å²) in [7, 11) is 0.994. The van der Waals surface area contributed by atoms with E-state index >= 15 is 0 Å². The maximum Gasteiger partial charge on any atom is 0.197 e. The summed E-state index contributed by atoms with van der Waals surface area (Å²) in [6.07, 6.45) is -1.46. The Bertz CT molecular complexity index is 459. The van der Waals surface area contributed by atoms with Crippen LogP contribution in [0.2, 0.25) is 0 Å². The van der Waals surface area contributed by atoms with Crippen LogP contribution in [0.25, 0.3) is 0 Å². The quantitative estimate of drug-likeness (QED) is 0.379. The number of aliphatic hydroxyl groups is 1. The molecule has 0 aliphatic carbocycles. The normalized spacial score (nSPS) is 13.6. The van der Waals surface area contributed by atoms with Gasteiger partial charge in [-0.1, -0.05) is 0 Å². The Morgan fingerprint density at radius 1 is 1.29 bits per heavy atom. The number of methoxy groups -OCH3 is 1. The molecule has 1 N–H and O–H groups in total. The standard InChI is InChI=1S/C10H8F4O3/c1-17-7(16)3-6(15)4-2-5(11)9(13)10(14)8(4)12/h2-3,6,15-16H,1H3/p-1/b7-3+. The highest BCUT2D eigenvalue weighted by molar-refractivity contribution is 5.26. The summed E-state index contributed by atoms with van der Waals surface area (Å²) < 4.78 is 55.4. The van der Waals surface area contributed by atoms with E-state index < -0.39 is 40.9 Å². The summed E-state index contributed by atoms with van der Waals surface area (Å²) in [5.41, 5.74) is -0.896. The van der Waals surface area contributed by atoms with Crippen molar-refractivity contribution in [1.82, 2.24) is 0 Å². The third kappa shape index (κ3) is 2.68. The second-order valence-electron chi connectivity index (χ2n) is 3.02. The van der Waals surface area contributed by atoms with E-state index in [1.807, 2.05) is 0 Å². The average molecular weight is 251 g/mol. The Labute approximate surface area is 93.6 Å². The maximum atomic E-state index is 13.1. The minimum absolute atomic E-state index is 0.262. The summed E-state index contributed by atoms with van der Waals surface area (Å²) in [6, 6.07) is 0.262. The van der Waals surface area contributed by atoms with Crippen molar-refractivity contribution in [3.05, 3.63) is 46.9 Å². The predicted octanol–water partition coefficient (Wildman–Crippen LogP) is 1.12. The van der Waals surface area contributed by atoms with Gasteiger partial charge in [0.25, 0.3) is 0 Å². The van der Waals surface area contributed by atoms with Crippen molar-refractivity contribution in [2.24, 2.45) is 0 Å². The number of hydrogen-bond donors (Lipinski definition) is 1. The molecule has 94 valence electrons. The van der Waals surface area contributed by atoms with Crippen molar-refractivity contribution in [2.45, 2.75) is 6.10 Å². The molecule has 0 aliphatic rings. The van der Waals surface area contributed by atoms with Crippen LogP contribution >= 0.6 is 0 Å². The molecule has 1 rings (SSSR count). The van der Waals surface area contributed by atoms with Crippen LogP contribution in [0.4, 0.5) is 17.6 Å². The number of aliphatic hydroxyl groups excluding tert-OH is 1. The summed E-state index contributed by atoms with van der Waals surface area (Å²) in [6.45, 7) is 0. The highest BCUT2D eigenvalue weighted by Gasteiger charge is 2.22. The molecule has 17 heavy (non-hydrogen) atoms. The third-order valence-corrected chi connectivity index (χ3v) is 1.94. The lowest BCUT2D eigenvalue weighted by atomic mass is 10.1. The van der Waals surface area contributed by atoms with Crippen molar-refractivity contribution >= 4 is 0 Å².